The lowest BCUT2D eigenvalue weighted by Crippen LogP contribution is -1.96. The van der Waals surface area contributed by atoms with Crippen molar-refractivity contribution in [3.63, 3.8) is 0 Å². The third-order valence-electron chi connectivity index (χ3n) is 2.48. The molecule has 1 aromatic heterocycles. The van der Waals surface area contributed by atoms with E-state index in [-0.39, 0.29) is 22.6 Å². The monoisotopic (exact) mass is 284 g/mol. The van der Waals surface area contributed by atoms with E-state index >= 15 is 0 Å². The van der Waals surface area contributed by atoms with Gasteiger partial charge in [0.25, 0.3) is 5.24 Å². The van der Waals surface area contributed by atoms with Crippen molar-refractivity contribution < 1.29 is 18.6 Å². The summed E-state index contributed by atoms with van der Waals surface area (Å²) in [4.78, 5) is 21.1. The standard InChI is InChI=1S/C11H6ClFN2O4/c1-5-9(11(12)16)10(14-19-5)6-2-3-7(13)8(4-6)15(17)18/h2-4H,1H3. The number of rotatable bonds is 3. The van der Waals surface area contributed by atoms with Crippen LogP contribution in [0.1, 0.15) is 16.1 Å². The van der Waals surface area contributed by atoms with E-state index in [1.165, 1.54) is 13.0 Å². The highest BCUT2D eigenvalue weighted by Crippen LogP contribution is 2.30. The summed E-state index contributed by atoms with van der Waals surface area (Å²) in [5.41, 5.74) is -0.497. The molecule has 0 saturated heterocycles. The molecule has 0 aliphatic heterocycles. The first-order chi connectivity index (χ1) is 8.91. The number of halogens is 2. The number of nitrogens with zero attached hydrogens (tertiary/aromatic N) is 2. The Bertz CT molecular complexity index is 683. The summed E-state index contributed by atoms with van der Waals surface area (Å²) in [5, 5.41) is 13.5. The maximum absolute atomic E-state index is 13.2. The second kappa shape index (κ2) is 4.77. The van der Waals surface area contributed by atoms with E-state index in [2.05, 4.69) is 5.16 Å². The third kappa shape index (κ3) is 2.32. The zero-order valence-corrected chi connectivity index (χ0v) is 10.3. The maximum Gasteiger partial charge on any atom is 0.305 e. The summed E-state index contributed by atoms with van der Waals surface area (Å²) in [6.45, 7) is 1.48. The molecule has 0 unspecified atom stereocenters. The summed E-state index contributed by atoms with van der Waals surface area (Å²) in [6, 6.07) is 3.14. The molecule has 19 heavy (non-hydrogen) atoms. The minimum atomic E-state index is -0.979. The predicted molar refractivity (Wildman–Crippen MR) is 63.5 cm³/mol. The van der Waals surface area contributed by atoms with Crippen molar-refractivity contribution in [2.45, 2.75) is 6.92 Å². The van der Waals surface area contributed by atoms with Gasteiger partial charge in [-0.1, -0.05) is 5.16 Å². The van der Waals surface area contributed by atoms with Crippen molar-refractivity contribution in [3.05, 3.63) is 45.5 Å². The average molecular weight is 285 g/mol. The molecule has 2 aromatic rings. The zero-order chi connectivity index (χ0) is 14.2. The van der Waals surface area contributed by atoms with Gasteiger partial charge in [0.2, 0.25) is 5.82 Å². The maximum atomic E-state index is 13.2. The molecule has 0 aliphatic rings. The van der Waals surface area contributed by atoms with Gasteiger partial charge >= 0.3 is 5.69 Å². The van der Waals surface area contributed by atoms with Crippen LogP contribution in [0.4, 0.5) is 10.1 Å². The fourth-order valence-electron chi connectivity index (χ4n) is 1.60. The lowest BCUT2D eigenvalue weighted by atomic mass is 10.1. The molecule has 0 aliphatic carbocycles. The molecular weight excluding hydrogens is 279 g/mol. The van der Waals surface area contributed by atoms with Gasteiger partial charge in [0.1, 0.15) is 17.0 Å². The molecule has 0 atom stereocenters. The quantitative estimate of drug-likeness (QED) is 0.491. The second-order valence-electron chi connectivity index (χ2n) is 3.66. The number of aryl methyl sites for hydroxylation is 1. The number of benzene rings is 1. The fourth-order valence-corrected chi connectivity index (χ4v) is 1.82. The predicted octanol–water partition coefficient (Wildman–Crippen LogP) is 3.08. The highest BCUT2D eigenvalue weighted by molar-refractivity contribution is 6.68. The smallest absolute Gasteiger partial charge is 0.305 e. The molecule has 1 heterocycles. The number of nitro groups is 1. The molecule has 0 spiro atoms. The Morgan fingerprint density at radius 2 is 2.21 bits per heavy atom. The highest BCUT2D eigenvalue weighted by Gasteiger charge is 2.23. The lowest BCUT2D eigenvalue weighted by molar-refractivity contribution is -0.387. The van der Waals surface area contributed by atoms with Crippen LogP contribution in [0.3, 0.4) is 0 Å². The Kier molecular flexibility index (Phi) is 3.30. The Morgan fingerprint density at radius 3 is 2.79 bits per heavy atom. The van der Waals surface area contributed by atoms with Gasteiger partial charge in [-0.25, -0.2) is 0 Å². The Morgan fingerprint density at radius 1 is 1.53 bits per heavy atom. The number of hydrogen-bond donors (Lipinski definition) is 0. The first-order valence-electron chi connectivity index (χ1n) is 5.02. The molecule has 0 amide bonds. The first kappa shape index (κ1) is 13.2. The minimum absolute atomic E-state index is 0.00238. The summed E-state index contributed by atoms with van der Waals surface area (Å²) in [5.74, 6) is -0.797. The Balaban J connectivity index is 2.63. The van der Waals surface area contributed by atoms with Crippen molar-refractivity contribution in [1.29, 1.82) is 0 Å². The van der Waals surface area contributed by atoms with E-state index in [0.29, 0.717) is 0 Å². The molecule has 0 radical (unpaired) electrons. The summed E-state index contributed by atoms with van der Waals surface area (Å²) < 4.78 is 18.0. The second-order valence-corrected chi connectivity index (χ2v) is 4.00. The van der Waals surface area contributed by atoms with Crippen LogP contribution in [-0.4, -0.2) is 15.3 Å². The van der Waals surface area contributed by atoms with Gasteiger partial charge in [-0.2, -0.15) is 4.39 Å². The van der Waals surface area contributed by atoms with Crippen molar-refractivity contribution in [3.8, 4) is 11.3 Å². The number of aromatic nitrogens is 1. The highest BCUT2D eigenvalue weighted by atomic mass is 35.5. The van der Waals surface area contributed by atoms with Gasteiger partial charge in [-0.3, -0.25) is 14.9 Å². The van der Waals surface area contributed by atoms with Crippen molar-refractivity contribution >= 4 is 22.5 Å². The molecule has 2 rings (SSSR count). The average Bonchev–Trinajstić information content (AvgIpc) is 2.71. The van der Waals surface area contributed by atoms with Gasteiger partial charge < -0.3 is 4.52 Å². The summed E-state index contributed by atoms with van der Waals surface area (Å²) in [7, 11) is 0. The SMILES string of the molecule is Cc1onc(-c2ccc(F)c([N+](=O)[O-])c2)c1C(=O)Cl. The largest absolute Gasteiger partial charge is 0.360 e. The lowest BCUT2D eigenvalue weighted by Gasteiger charge is -1.99. The first-order valence-corrected chi connectivity index (χ1v) is 5.40. The number of carbonyl (C=O) groups is 1. The van der Waals surface area contributed by atoms with E-state index in [9.17, 15) is 19.3 Å². The molecule has 0 N–H and O–H groups in total. The van der Waals surface area contributed by atoms with E-state index in [4.69, 9.17) is 16.1 Å². The zero-order valence-electron chi connectivity index (χ0n) is 9.52. The molecule has 1 aromatic carbocycles. The van der Waals surface area contributed by atoms with E-state index in [1.807, 2.05) is 0 Å². The van der Waals surface area contributed by atoms with Crippen LogP contribution in [-0.2, 0) is 0 Å². The number of hydrogen-bond acceptors (Lipinski definition) is 5. The van der Waals surface area contributed by atoms with Crippen LogP contribution in [0.5, 0.6) is 0 Å². The van der Waals surface area contributed by atoms with Gasteiger partial charge in [0.05, 0.1) is 4.92 Å². The molecular formula is C11H6ClFN2O4. The van der Waals surface area contributed by atoms with Crippen molar-refractivity contribution in [2.75, 3.05) is 0 Å². The molecule has 0 fully saturated rings. The fraction of sp³-hybridized carbons (Fsp3) is 0.0909. The molecule has 0 saturated carbocycles. The Hall–Kier alpha value is -2.28. The van der Waals surface area contributed by atoms with Crippen LogP contribution < -0.4 is 0 Å². The van der Waals surface area contributed by atoms with Gasteiger partial charge in [-0.05, 0) is 30.7 Å². The van der Waals surface area contributed by atoms with Crippen molar-refractivity contribution in [1.82, 2.24) is 5.16 Å². The normalized spacial score (nSPS) is 10.5. The summed E-state index contributed by atoms with van der Waals surface area (Å²) >= 11 is 5.39. The number of nitro benzene ring substituents is 1. The van der Waals surface area contributed by atoms with E-state index in [0.717, 1.165) is 12.1 Å². The van der Waals surface area contributed by atoms with Crippen molar-refractivity contribution in [2.24, 2.45) is 0 Å². The van der Waals surface area contributed by atoms with Crippen LogP contribution in [0.15, 0.2) is 22.7 Å². The summed E-state index contributed by atoms with van der Waals surface area (Å²) in [6.07, 6.45) is 0. The topological polar surface area (TPSA) is 86.2 Å². The minimum Gasteiger partial charge on any atom is -0.360 e. The van der Waals surface area contributed by atoms with E-state index < -0.39 is 21.7 Å². The van der Waals surface area contributed by atoms with E-state index in [1.54, 1.807) is 0 Å². The third-order valence-corrected chi connectivity index (χ3v) is 2.66. The number of carbonyl (C=O) groups excluding carboxylic acids is 1. The van der Waals surface area contributed by atoms with Crippen LogP contribution in [0.25, 0.3) is 11.3 Å². The molecule has 98 valence electrons. The molecule has 8 heteroatoms. The molecule has 0 bridgehead atoms. The van der Waals surface area contributed by atoms with Gasteiger partial charge in [0, 0.05) is 11.6 Å². The molecule has 6 nitrogen and oxygen atoms in total. The van der Waals surface area contributed by atoms with Crippen LogP contribution in [0.2, 0.25) is 0 Å². The van der Waals surface area contributed by atoms with Gasteiger partial charge in [0.15, 0.2) is 0 Å². The van der Waals surface area contributed by atoms with Crippen LogP contribution >= 0.6 is 11.6 Å². The Labute approximate surface area is 110 Å². The van der Waals surface area contributed by atoms with Crippen LogP contribution in [0, 0.1) is 22.9 Å². The van der Waals surface area contributed by atoms with Gasteiger partial charge in [-0.15, -0.1) is 0 Å².